The van der Waals surface area contributed by atoms with Crippen LogP contribution in [0.4, 0.5) is 13.2 Å². The van der Waals surface area contributed by atoms with Gasteiger partial charge in [-0.1, -0.05) is 18.2 Å². The third-order valence-electron chi connectivity index (χ3n) is 4.61. The second-order valence-electron chi connectivity index (χ2n) is 6.73. The van der Waals surface area contributed by atoms with Crippen molar-refractivity contribution in [1.29, 1.82) is 0 Å². The molecule has 1 aliphatic heterocycles. The maximum Gasteiger partial charge on any atom is 0.416 e. The average Bonchev–Trinajstić information content (AvgIpc) is 2.52. The predicted octanol–water partition coefficient (Wildman–Crippen LogP) is 3.44. The Kier molecular flexibility index (Phi) is 6.27. The van der Waals surface area contributed by atoms with Gasteiger partial charge in [-0.25, -0.2) is 0 Å². The van der Waals surface area contributed by atoms with Crippen LogP contribution in [0.2, 0.25) is 0 Å². The van der Waals surface area contributed by atoms with Gasteiger partial charge in [0.25, 0.3) is 0 Å². The van der Waals surface area contributed by atoms with Crippen LogP contribution in [0.5, 0.6) is 0 Å². The SMILES string of the molecule is CN(C)C(=O)CN1CCC[C@H](CCc2ccccc2C(F)(F)F)C1. The molecule has 0 unspecified atom stereocenters. The number of carbonyl (C=O) groups is 1. The van der Waals surface area contributed by atoms with Crippen molar-refractivity contribution in [3.8, 4) is 0 Å². The van der Waals surface area contributed by atoms with E-state index in [0.29, 0.717) is 24.4 Å². The monoisotopic (exact) mass is 342 g/mol. The topological polar surface area (TPSA) is 23.6 Å². The first kappa shape index (κ1) is 18.8. The highest BCUT2D eigenvalue weighted by Gasteiger charge is 2.33. The van der Waals surface area contributed by atoms with Gasteiger partial charge in [-0.2, -0.15) is 13.2 Å². The number of aryl methyl sites for hydroxylation is 1. The van der Waals surface area contributed by atoms with Crippen molar-refractivity contribution in [1.82, 2.24) is 9.80 Å². The number of piperidine rings is 1. The van der Waals surface area contributed by atoms with Gasteiger partial charge in [-0.3, -0.25) is 9.69 Å². The van der Waals surface area contributed by atoms with Gasteiger partial charge in [0.05, 0.1) is 12.1 Å². The lowest BCUT2D eigenvalue weighted by Gasteiger charge is -2.33. The minimum atomic E-state index is -4.30. The number of amides is 1. The van der Waals surface area contributed by atoms with Crippen LogP contribution in [-0.4, -0.2) is 49.4 Å². The number of likely N-dealkylation sites (N-methyl/N-ethyl adjacent to an activating group) is 1. The third-order valence-corrected chi connectivity index (χ3v) is 4.61. The molecular formula is C18H25F3N2O. The molecule has 0 radical (unpaired) electrons. The van der Waals surface area contributed by atoms with Gasteiger partial charge >= 0.3 is 6.18 Å². The summed E-state index contributed by atoms with van der Waals surface area (Å²) in [4.78, 5) is 15.5. The molecule has 1 fully saturated rings. The first-order valence-corrected chi connectivity index (χ1v) is 8.35. The van der Waals surface area contributed by atoms with Gasteiger partial charge in [-0.15, -0.1) is 0 Å². The zero-order valence-electron chi connectivity index (χ0n) is 14.3. The Labute approximate surface area is 141 Å². The molecule has 0 aromatic heterocycles. The minimum absolute atomic E-state index is 0.0677. The Morgan fingerprint density at radius 2 is 2.00 bits per heavy atom. The summed E-state index contributed by atoms with van der Waals surface area (Å²) < 4.78 is 39.1. The lowest BCUT2D eigenvalue weighted by atomic mass is 9.90. The highest BCUT2D eigenvalue weighted by molar-refractivity contribution is 5.77. The smallest absolute Gasteiger partial charge is 0.348 e. The molecular weight excluding hydrogens is 317 g/mol. The Balaban J connectivity index is 1.92. The Bertz CT molecular complexity index is 557. The summed E-state index contributed by atoms with van der Waals surface area (Å²) in [6, 6.07) is 5.81. The second-order valence-corrected chi connectivity index (χ2v) is 6.73. The van der Waals surface area contributed by atoms with Crippen molar-refractivity contribution in [3.05, 3.63) is 35.4 Å². The van der Waals surface area contributed by atoms with Gasteiger partial charge in [0.2, 0.25) is 5.91 Å². The summed E-state index contributed by atoms with van der Waals surface area (Å²) in [6.45, 7) is 2.06. The van der Waals surface area contributed by atoms with Crippen LogP contribution in [0.25, 0.3) is 0 Å². The standard InChI is InChI=1S/C18H25F3N2O/c1-22(2)17(24)13-23-11-5-6-14(12-23)9-10-15-7-3-4-8-16(15)18(19,20)21/h3-4,7-8,14H,5-6,9-13H2,1-2H3/t14-/m1/s1. The molecule has 1 aromatic carbocycles. The fraction of sp³-hybridized carbons (Fsp3) is 0.611. The van der Waals surface area contributed by atoms with E-state index >= 15 is 0 Å². The summed E-state index contributed by atoms with van der Waals surface area (Å²) in [5.74, 6) is 0.410. The highest BCUT2D eigenvalue weighted by Crippen LogP contribution is 2.33. The maximum atomic E-state index is 13.0. The first-order valence-electron chi connectivity index (χ1n) is 8.35. The Hall–Kier alpha value is -1.56. The van der Waals surface area contributed by atoms with E-state index in [1.807, 2.05) is 0 Å². The molecule has 2 rings (SSSR count). The van der Waals surface area contributed by atoms with E-state index in [2.05, 4.69) is 4.90 Å². The molecule has 1 aromatic rings. The van der Waals surface area contributed by atoms with Crippen LogP contribution in [-0.2, 0) is 17.4 Å². The predicted molar refractivity (Wildman–Crippen MR) is 87.6 cm³/mol. The largest absolute Gasteiger partial charge is 0.416 e. The Morgan fingerprint density at radius 1 is 1.29 bits per heavy atom. The number of halogens is 3. The zero-order chi connectivity index (χ0) is 17.7. The molecule has 24 heavy (non-hydrogen) atoms. The molecule has 1 saturated heterocycles. The molecule has 1 aliphatic rings. The average molecular weight is 342 g/mol. The van der Waals surface area contributed by atoms with Gasteiger partial charge < -0.3 is 4.90 Å². The number of nitrogens with zero attached hydrogens (tertiary/aromatic N) is 2. The number of likely N-dealkylation sites (tertiary alicyclic amines) is 1. The number of carbonyl (C=O) groups excluding carboxylic acids is 1. The second kappa shape index (κ2) is 8.01. The molecule has 0 spiro atoms. The molecule has 0 saturated carbocycles. The van der Waals surface area contributed by atoms with Crippen molar-refractivity contribution in [3.63, 3.8) is 0 Å². The molecule has 1 atom stereocenters. The normalized spacial score (nSPS) is 19.3. The minimum Gasteiger partial charge on any atom is -0.348 e. The molecule has 0 aliphatic carbocycles. The maximum absolute atomic E-state index is 13.0. The number of alkyl halides is 3. The molecule has 0 N–H and O–H groups in total. The van der Waals surface area contributed by atoms with Crippen molar-refractivity contribution >= 4 is 5.91 Å². The van der Waals surface area contributed by atoms with Crippen molar-refractivity contribution in [2.75, 3.05) is 33.7 Å². The lowest BCUT2D eigenvalue weighted by Crippen LogP contribution is -2.42. The third kappa shape index (κ3) is 5.23. The molecule has 134 valence electrons. The molecule has 1 heterocycles. The number of benzene rings is 1. The van der Waals surface area contributed by atoms with Crippen LogP contribution in [0, 0.1) is 5.92 Å². The van der Waals surface area contributed by atoms with Crippen LogP contribution < -0.4 is 0 Å². The van der Waals surface area contributed by atoms with Crippen molar-refractivity contribution in [2.24, 2.45) is 5.92 Å². The number of rotatable bonds is 5. The van der Waals surface area contributed by atoms with Gasteiger partial charge in [-0.05, 0) is 49.8 Å². The lowest BCUT2D eigenvalue weighted by molar-refractivity contribution is -0.138. The van der Waals surface area contributed by atoms with Crippen molar-refractivity contribution < 1.29 is 18.0 Å². The summed E-state index contributed by atoms with van der Waals surface area (Å²) >= 11 is 0. The van der Waals surface area contributed by atoms with E-state index in [9.17, 15) is 18.0 Å². The van der Waals surface area contributed by atoms with E-state index in [-0.39, 0.29) is 5.91 Å². The summed E-state index contributed by atoms with van der Waals surface area (Å²) in [6.07, 6.45) is -1.14. The summed E-state index contributed by atoms with van der Waals surface area (Å²) in [5.41, 5.74) is -0.160. The van der Waals surface area contributed by atoms with Gasteiger partial charge in [0, 0.05) is 20.6 Å². The Morgan fingerprint density at radius 3 is 2.67 bits per heavy atom. The summed E-state index contributed by atoms with van der Waals surface area (Å²) in [7, 11) is 3.47. The van der Waals surface area contributed by atoms with Crippen LogP contribution in [0.1, 0.15) is 30.4 Å². The van der Waals surface area contributed by atoms with Crippen LogP contribution >= 0.6 is 0 Å². The van der Waals surface area contributed by atoms with Crippen molar-refractivity contribution in [2.45, 2.75) is 31.9 Å². The fourth-order valence-corrected chi connectivity index (χ4v) is 3.24. The van der Waals surface area contributed by atoms with E-state index < -0.39 is 11.7 Å². The van der Waals surface area contributed by atoms with Gasteiger partial charge in [0.1, 0.15) is 0 Å². The number of hydrogen-bond donors (Lipinski definition) is 0. The van der Waals surface area contributed by atoms with E-state index in [0.717, 1.165) is 38.4 Å². The molecule has 3 nitrogen and oxygen atoms in total. The zero-order valence-corrected chi connectivity index (χ0v) is 14.3. The van der Waals surface area contributed by atoms with Crippen LogP contribution in [0.15, 0.2) is 24.3 Å². The highest BCUT2D eigenvalue weighted by atomic mass is 19.4. The quantitative estimate of drug-likeness (QED) is 0.818. The molecule has 1 amide bonds. The molecule has 6 heteroatoms. The number of hydrogen-bond acceptors (Lipinski definition) is 2. The molecule has 0 bridgehead atoms. The van der Waals surface area contributed by atoms with E-state index in [1.54, 1.807) is 31.1 Å². The first-order chi connectivity index (χ1) is 11.3. The van der Waals surface area contributed by atoms with E-state index in [1.165, 1.54) is 6.07 Å². The van der Waals surface area contributed by atoms with E-state index in [4.69, 9.17) is 0 Å². The summed E-state index contributed by atoms with van der Waals surface area (Å²) in [5, 5.41) is 0. The van der Waals surface area contributed by atoms with Crippen LogP contribution in [0.3, 0.4) is 0 Å². The fourth-order valence-electron chi connectivity index (χ4n) is 3.24. The van der Waals surface area contributed by atoms with Gasteiger partial charge in [0.15, 0.2) is 0 Å².